The first-order chi connectivity index (χ1) is 11.9. The molecule has 0 unspecified atom stereocenters. The lowest BCUT2D eigenvalue weighted by atomic mass is 9.84. The van der Waals surface area contributed by atoms with Crippen LogP contribution in [0, 0.1) is 11.8 Å². The second-order valence-electron chi connectivity index (χ2n) is 6.17. The molecule has 4 atom stereocenters. The standard InChI is InChI=1S/C15H5Cl8NO2/c16-4-2-1-3-5(8(4)17)24-11(25)6-7(12(24)26)14(21)10(19)9(18)13(6,20)15(14,22)23/h1-3,6-7H/t6-,7-,13-,14-/m0/s1. The lowest BCUT2D eigenvalue weighted by Crippen LogP contribution is -2.50. The first-order valence-corrected chi connectivity index (χ1v) is 10.1. The minimum Gasteiger partial charge on any atom is -0.274 e. The van der Waals surface area contributed by atoms with Crippen LogP contribution in [0.2, 0.25) is 10.0 Å². The number of carbonyl (C=O) groups excluding carboxylic acids is 2. The number of amides is 2. The molecule has 1 saturated carbocycles. The highest BCUT2D eigenvalue weighted by Crippen LogP contribution is 2.77. The van der Waals surface area contributed by atoms with E-state index >= 15 is 0 Å². The Bertz CT molecular complexity index is 884. The molecule has 0 N–H and O–H groups in total. The van der Waals surface area contributed by atoms with Gasteiger partial charge in [0.2, 0.25) is 11.8 Å². The number of allylic oxidation sites excluding steroid dienone is 2. The van der Waals surface area contributed by atoms with Crippen LogP contribution in [-0.2, 0) is 9.59 Å². The maximum Gasteiger partial charge on any atom is 0.240 e. The normalized spacial score (nSPS) is 37.8. The number of benzene rings is 1. The molecular weight excluding hydrogens is 510 g/mol. The highest BCUT2D eigenvalue weighted by Gasteiger charge is 2.87. The fourth-order valence-corrected chi connectivity index (χ4v) is 7.21. The van der Waals surface area contributed by atoms with Gasteiger partial charge in [0.25, 0.3) is 0 Å². The van der Waals surface area contributed by atoms with E-state index in [-0.39, 0.29) is 25.8 Å². The molecule has 1 saturated heterocycles. The molecule has 1 aliphatic heterocycles. The summed E-state index contributed by atoms with van der Waals surface area (Å²) in [6, 6.07) is 4.54. The third kappa shape index (κ3) is 1.88. The van der Waals surface area contributed by atoms with E-state index in [1.54, 1.807) is 6.07 Å². The van der Waals surface area contributed by atoms with Gasteiger partial charge < -0.3 is 0 Å². The highest BCUT2D eigenvalue weighted by atomic mass is 35.5. The van der Waals surface area contributed by atoms with Crippen molar-refractivity contribution >= 4 is 110 Å². The van der Waals surface area contributed by atoms with Crippen LogP contribution >= 0.6 is 92.8 Å². The third-order valence-corrected chi connectivity index (χ3v) is 10.1. The summed E-state index contributed by atoms with van der Waals surface area (Å²) in [6.45, 7) is 0. The zero-order chi connectivity index (χ0) is 19.4. The molecule has 2 bridgehead atoms. The minimum atomic E-state index is -1.97. The summed E-state index contributed by atoms with van der Waals surface area (Å²) in [6.07, 6.45) is 0. The predicted molar refractivity (Wildman–Crippen MR) is 106 cm³/mol. The number of rotatable bonds is 1. The molecule has 26 heavy (non-hydrogen) atoms. The van der Waals surface area contributed by atoms with Crippen LogP contribution < -0.4 is 4.90 Å². The Balaban J connectivity index is 1.94. The maximum atomic E-state index is 13.2. The Morgan fingerprint density at radius 1 is 0.808 bits per heavy atom. The van der Waals surface area contributed by atoms with Crippen molar-refractivity contribution in [2.24, 2.45) is 11.8 Å². The molecule has 2 aliphatic carbocycles. The zero-order valence-corrected chi connectivity index (χ0v) is 18.2. The fraction of sp³-hybridized carbons (Fsp3) is 0.333. The van der Waals surface area contributed by atoms with Crippen LogP contribution in [-0.4, -0.2) is 25.9 Å². The summed E-state index contributed by atoms with van der Waals surface area (Å²) in [4.78, 5) is 23.5. The fourth-order valence-electron chi connectivity index (χ4n) is 3.90. The molecule has 0 aromatic heterocycles. The van der Waals surface area contributed by atoms with Gasteiger partial charge in [-0.1, -0.05) is 75.7 Å². The van der Waals surface area contributed by atoms with Gasteiger partial charge in [-0.15, -0.1) is 23.2 Å². The molecular formula is C15H5Cl8NO2. The van der Waals surface area contributed by atoms with E-state index in [1.165, 1.54) is 12.1 Å². The summed E-state index contributed by atoms with van der Waals surface area (Å²) in [5.74, 6) is -3.80. The van der Waals surface area contributed by atoms with Gasteiger partial charge in [0.05, 0.1) is 37.6 Å². The molecule has 11 heteroatoms. The Morgan fingerprint density at radius 2 is 1.27 bits per heavy atom. The molecule has 4 rings (SSSR count). The molecule has 3 aliphatic rings. The number of hydrogen-bond donors (Lipinski definition) is 0. The van der Waals surface area contributed by atoms with E-state index in [1.807, 2.05) is 0 Å². The van der Waals surface area contributed by atoms with E-state index in [4.69, 9.17) is 92.8 Å². The van der Waals surface area contributed by atoms with Gasteiger partial charge in [0.15, 0.2) is 4.33 Å². The lowest BCUT2D eigenvalue weighted by molar-refractivity contribution is -0.123. The molecule has 0 spiro atoms. The Kier molecular flexibility index (Phi) is 4.35. The second kappa shape index (κ2) is 5.73. The lowest BCUT2D eigenvalue weighted by Gasteiger charge is -2.34. The Morgan fingerprint density at radius 3 is 1.73 bits per heavy atom. The predicted octanol–water partition coefficient (Wildman–Crippen LogP) is 5.94. The summed E-state index contributed by atoms with van der Waals surface area (Å²) in [5, 5.41) is -0.0997. The topological polar surface area (TPSA) is 37.4 Å². The summed E-state index contributed by atoms with van der Waals surface area (Å²) < 4.78 is -1.97. The average molecular weight is 515 g/mol. The molecule has 1 aromatic carbocycles. The molecule has 2 amide bonds. The smallest absolute Gasteiger partial charge is 0.240 e. The summed E-state index contributed by atoms with van der Waals surface area (Å²) in [7, 11) is 0. The van der Waals surface area contributed by atoms with E-state index < -0.39 is 37.7 Å². The van der Waals surface area contributed by atoms with E-state index in [0.29, 0.717) is 0 Å². The average Bonchev–Trinajstić information content (AvgIpc) is 2.95. The van der Waals surface area contributed by atoms with Gasteiger partial charge in [0, 0.05) is 0 Å². The second-order valence-corrected chi connectivity index (χ2v) is 10.2. The molecule has 0 radical (unpaired) electrons. The summed E-state index contributed by atoms with van der Waals surface area (Å²) in [5.41, 5.74) is 0.102. The van der Waals surface area contributed by atoms with Crippen molar-refractivity contribution in [1.82, 2.24) is 0 Å². The van der Waals surface area contributed by atoms with Crippen molar-refractivity contribution in [3.63, 3.8) is 0 Å². The molecule has 3 nitrogen and oxygen atoms in total. The van der Waals surface area contributed by atoms with Crippen LogP contribution in [0.4, 0.5) is 5.69 Å². The van der Waals surface area contributed by atoms with Crippen molar-refractivity contribution in [2.75, 3.05) is 4.90 Å². The quantitative estimate of drug-likeness (QED) is 0.343. The van der Waals surface area contributed by atoms with E-state index in [9.17, 15) is 9.59 Å². The van der Waals surface area contributed by atoms with Crippen molar-refractivity contribution in [1.29, 1.82) is 0 Å². The number of hydrogen-bond acceptors (Lipinski definition) is 2. The van der Waals surface area contributed by atoms with Crippen LogP contribution in [0.1, 0.15) is 0 Å². The van der Waals surface area contributed by atoms with Crippen LogP contribution in [0.3, 0.4) is 0 Å². The highest BCUT2D eigenvalue weighted by molar-refractivity contribution is 6.67. The van der Waals surface area contributed by atoms with Crippen LogP contribution in [0.5, 0.6) is 0 Å². The molecule has 1 aromatic rings. The number of halogens is 8. The van der Waals surface area contributed by atoms with E-state index in [0.717, 1.165) is 4.90 Å². The molecule has 138 valence electrons. The van der Waals surface area contributed by atoms with Gasteiger partial charge in [-0.2, -0.15) is 0 Å². The van der Waals surface area contributed by atoms with Gasteiger partial charge in [-0.3, -0.25) is 9.59 Å². The maximum absolute atomic E-state index is 13.2. The molecule has 2 fully saturated rings. The van der Waals surface area contributed by atoms with Gasteiger partial charge in [-0.25, -0.2) is 4.90 Å². The third-order valence-electron chi connectivity index (χ3n) is 5.08. The number of carbonyl (C=O) groups is 2. The monoisotopic (exact) mass is 511 g/mol. The summed E-state index contributed by atoms with van der Waals surface area (Å²) >= 11 is 50.7. The van der Waals surface area contributed by atoms with Crippen molar-refractivity contribution in [3.05, 3.63) is 38.3 Å². The number of imide groups is 1. The Labute approximate surface area is 188 Å². The number of alkyl halides is 4. The van der Waals surface area contributed by atoms with Crippen molar-refractivity contribution in [3.8, 4) is 0 Å². The van der Waals surface area contributed by atoms with Crippen LogP contribution in [0.25, 0.3) is 0 Å². The number of fused-ring (bicyclic) bond motifs is 5. The number of anilines is 1. The number of nitrogens with zero attached hydrogens (tertiary/aromatic N) is 1. The zero-order valence-electron chi connectivity index (χ0n) is 12.2. The van der Waals surface area contributed by atoms with E-state index in [2.05, 4.69) is 0 Å². The SMILES string of the molecule is O=C1[C@@H]2[C@@H](C(=O)N1c1cccc(Cl)c1Cl)[C@]1(Cl)C(Cl)=C(Cl)[C@]2(Cl)C1(Cl)Cl. The first kappa shape index (κ1) is 19.7. The minimum absolute atomic E-state index is 0.0311. The van der Waals surface area contributed by atoms with Gasteiger partial charge >= 0.3 is 0 Å². The largest absolute Gasteiger partial charge is 0.274 e. The van der Waals surface area contributed by atoms with Gasteiger partial charge in [0.1, 0.15) is 9.75 Å². The first-order valence-electron chi connectivity index (χ1n) is 7.07. The van der Waals surface area contributed by atoms with Crippen molar-refractivity contribution in [2.45, 2.75) is 14.1 Å². The van der Waals surface area contributed by atoms with Crippen LogP contribution in [0.15, 0.2) is 28.3 Å². The Hall–Kier alpha value is 0.420. The van der Waals surface area contributed by atoms with Gasteiger partial charge in [-0.05, 0) is 12.1 Å². The molecule has 1 heterocycles. The van der Waals surface area contributed by atoms with Crippen molar-refractivity contribution < 1.29 is 9.59 Å².